The zero-order valence-corrected chi connectivity index (χ0v) is 8.61. The lowest BCUT2D eigenvalue weighted by molar-refractivity contribution is -0.198. The summed E-state index contributed by atoms with van der Waals surface area (Å²) in [5.41, 5.74) is -0.184. The quantitative estimate of drug-likeness (QED) is 0.816. The van der Waals surface area contributed by atoms with Crippen LogP contribution in [0.5, 0.6) is 0 Å². The van der Waals surface area contributed by atoms with Gasteiger partial charge >= 0.3 is 6.18 Å². The smallest absolute Gasteiger partial charge is 0.382 e. The van der Waals surface area contributed by atoms with E-state index in [2.05, 4.69) is 5.32 Å². The number of aliphatic hydroxyl groups is 1. The highest BCUT2D eigenvalue weighted by atomic mass is 35.5. The number of rotatable bonds is 3. The second-order valence-corrected chi connectivity index (χ2v) is 3.50. The lowest BCUT2D eigenvalue weighted by atomic mass is 10.3. The molecule has 0 bridgehead atoms. The van der Waals surface area contributed by atoms with Gasteiger partial charge in [-0.1, -0.05) is 11.6 Å². The molecule has 90 valence electrons. The molecule has 1 atom stereocenters. The van der Waals surface area contributed by atoms with Crippen LogP contribution in [0.3, 0.4) is 0 Å². The summed E-state index contributed by atoms with van der Waals surface area (Å²) >= 11 is 5.53. The van der Waals surface area contributed by atoms with Crippen LogP contribution in [0.1, 0.15) is 0 Å². The molecule has 0 aliphatic rings. The standard InChI is InChI=1S/C9H8ClF4NO/c10-5-1-2-6(11)7(3-5)15-4-8(16)9(12,13)14/h1-3,8,15-16H,4H2. The van der Waals surface area contributed by atoms with Gasteiger partial charge in [-0.25, -0.2) is 4.39 Å². The minimum absolute atomic E-state index is 0.184. The van der Waals surface area contributed by atoms with Gasteiger partial charge in [0.2, 0.25) is 0 Å². The summed E-state index contributed by atoms with van der Waals surface area (Å²) in [5.74, 6) is -0.737. The Morgan fingerprint density at radius 3 is 2.56 bits per heavy atom. The van der Waals surface area contributed by atoms with E-state index in [0.29, 0.717) is 0 Å². The first-order chi connectivity index (χ1) is 7.30. The number of aliphatic hydroxyl groups excluding tert-OH is 1. The number of hydrogen-bond donors (Lipinski definition) is 2. The first-order valence-corrected chi connectivity index (χ1v) is 4.62. The van der Waals surface area contributed by atoms with Gasteiger partial charge < -0.3 is 10.4 Å². The average Bonchev–Trinajstić information content (AvgIpc) is 2.17. The highest BCUT2D eigenvalue weighted by molar-refractivity contribution is 6.30. The van der Waals surface area contributed by atoms with E-state index in [9.17, 15) is 17.6 Å². The third kappa shape index (κ3) is 3.53. The molecule has 0 amide bonds. The molecule has 0 aliphatic carbocycles. The van der Waals surface area contributed by atoms with Crippen molar-refractivity contribution in [2.45, 2.75) is 12.3 Å². The molecule has 1 unspecified atom stereocenters. The molecule has 16 heavy (non-hydrogen) atoms. The summed E-state index contributed by atoms with van der Waals surface area (Å²) in [6.45, 7) is -0.833. The van der Waals surface area contributed by atoms with Gasteiger partial charge in [-0.15, -0.1) is 0 Å². The van der Waals surface area contributed by atoms with Crippen molar-refractivity contribution in [1.29, 1.82) is 0 Å². The molecular formula is C9H8ClF4NO. The van der Waals surface area contributed by atoms with E-state index in [1.54, 1.807) is 0 Å². The van der Waals surface area contributed by atoms with Gasteiger partial charge in [-0.3, -0.25) is 0 Å². The Morgan fingerprint density at radius 2 is 2.00 bits per heavy atom. The van der Waals surface area contributed by atoms with Gasteiger partial charge in [0.1, 0.15) is 5.82 Å². The van der Waals surface area contributed by atoms with E-state index in [4.69, 9.17) is 16.7 Å². The summed E-state index contributed by atoms with van der Waals surface area (Å²) in [7, 11) is 0. The predicted molar refractivity (Wildman–Crippen MR) is 52.0 cm³/mol. The fourth-order valence-corrected chi connectivity index (χ4v) is 1.13. The van der Waals surface area contributed by atoms with Gasteiger partial charge in [0.15, 0.2) is 6.10 Å². The SMILES string of the molecule is OC(CNc1cc(Cl)ccc1F)C(F)(F)F. The molecule has 0 aliphatic heterocycles. The van der Waals surface area contributed by atoms with Crippen LogP contribution in [0, 0.1) is 5.82 Å². The lowest BCUT2D eigenvalue weighted by Gasteiger charge is -2.16. The van der Waals surface area contributed by atoms with Crippen LogP contribution in [0.25, 0.3) is 0 Å². The Balaban J connectivity index is 2.64. The molecule has 1 rings (SSSR count). The van der Waals surface area contributed by atoms with Crippen LogP contribution in [-0.4, -0.2) is 23.9 Å². The summed E-state index contributed by atoms with van der Waals surface area (Å²) < 4.78 is 48.8. The molecule has 1 aromatic carbocycles. The Kier molecular flexibility index (Phi) is 3.98. The summed E-state index contributed by atoms with van der Waals surface area (Å²) in [4.78, 5) is 0. The normalized spacial score (nSPS) is 13.6. The number of benzene rings is 1. The van der Waals surface area contributed by atoms with E-state index in [0.717, 1.165) is 12.1 Å². The maximum Gasteiger partial charge on any atom is 0.416 e. The van der Waals surface area contributed by atoms with Crippen molar-refractivity contribution in [2.24, 2.45) is 0 Å². The molecule has 2 nitrogen and oxygen atoms in total. The van der Waals surface area contributed by atoms with Crippen LogP contribution in [-0.2, 0) is 0 Å². The summed E-state index contributed by atoms with van der Waals surface area (Å²) in [6, 6.07) is 3.42. The molecule has 0 fully saturated rings. The first kappa shape index (κ1) is 13.1. The van der Waals surface area contributed by atoms with Crippen LogP contribution >= 0.6 is 11.6 Å². The van der Waals surface area contributed by atoms with Crippen LogP contribution in [0.4, 0.5) is 23.2 Å². The highest BCUT2D eigenvalue weighted by Crippen LogP contribution is 2.22. The van der Waals surface area contributed by atoms with Gasteiger partial charge in [-0.2, -0.15) is 13.2 Å². The molecule has 0 heterocycles. The Morgan fingerprint density at radius 1 is 1.38 bits per heavy atom. The van der Waals surface area contributed by atoms with Gasteiger partial charge in [-0.05, 0) is 18.2 Å². The molecular weight excluding hydrogens is 250 g/mol. The van der Waals surface area contributed by atoms with Crippen molar-refractivity contribution in [2.75, 3.05) is 11.9 Å². The van der Waals surface area contributed by atoms with Gasteiger partial charge in [0, 0.05) is 11.6 Å². The third-order valence-electron chi connectivity index (χ3n) is 1.79. The topological polar surface area (TPSA) is 32.3 Å². The fraction of sp³-hybridized carbons (Fsp3) is 0.333. The fourth-order valence-electron chi connectivity index (χ4n) is 0.955. The van der Waals surface area contributed by atoms with Crippen molar-refractivity contribution < 1.29 is 22.7 Å². The van der Waals surface area contributed by atoms with E-state index >= 15 is 0 Å². The lowest BCUT2D eigenvalue weighted by Crippen LogP contribution is -2.35. The van der Waals surface area contributed by atoms with E-state index in [-0.39, 0.29) is 10.7 Å². The monoisotopic (exact) mass is 257 g/mol. The first-order valence-electron chi connectivity index (χ1n) is 4.24. The van der Waals surface area contributed by atoms with E-state index in [1.165, 1.54) is 6.07 Å². The highest BCUT2D eigenvalue weighted by Gasteiger charge is 2.37. The predicted octanol–water partition coefficient (Wildman–Crippen LogP) is 2.81. The second kappa shape index (κ2) is 4.88. The Hall–Kier alpha value is -1.01. The van der Waals surface area contributed by atoms with Crippen molar-refractivity contribution in [3.63, 3.8) is 0 Å². The minimum atomic E-state index is -4.73. The molecule has 0 saturated heterocycles. The van der Waals surface area contributed by atoms with Crippen LogP contribution in [0.15, 0.2) is 18.2 Å². The maximum absolute atomic E-state index is 13.0. The van der Waals surface area contributed by atoms with Gasteiger partial charge in [0.05, 0.1) is 5.69 Å². The molecule has 0 radical (unpaired) electrons. The zero-order chi connectivity index (χ0) is 12.3. The number of halogens is 5. The number of hydrogen-bond acceptors (Lipinski definition) is 2. The second-order valence-electron chi connectivity index (χ2n) is 3.06. The third-order valence-corrected chi connectivity index (χ3v) is 2.03. The Labute approximate surface area is 93.8 Å². The molecule has 2 N–H and O–H groups in total. The Bertz CT molecular complexity index is 369. The van der Waals surface area contributed by atoms with Crippen LogP contribution < -0.4 is 5.32 Å². The van der Waals surface area contributed by atoms with Crippen molar-refractivity contribution >= 4 is 17.3 Å². The molecule has 7 heteroatoms. The summed E-state index contributed by atoms with van der Waals surface area (Å²) in [6.07, 6.45) is -7.28. The van der Waals surface area contributed by atoms with E-state index < -0.39 is 24.6 Å². The van der Waals surface area contributed by atoms with Gasteiger partial charge in [0.25, 0.3) is 0 Å². The number of anilines is 1. The molecule has 1 aromatic rings. The minimum Gasteiger partial charge on any atom is -0.382 e. The van der Waals surface area contributed by atoms with Crippen molar-refractivity contribution in [3.05, 3.63) is 29.0 Å². The maximum atomic E-state index is 13.0. The zero-order valence-electron chi connectivity index (χ0n) is 7.85. The van der Waals surface area contributed by atoms with Crippen molar-refractivity contribution in [1.82, 2.24) is 0 Å². The number of alkyl halides is 3. The molecule has 0 spiro atoms. The van der Waals surface area contributed by atoms with E-state index in [1.807, 2.05) is 0 Å². The van der Waals surface area contributed by atoms with Crippen molar-refractivity contribution in [3.8, 4) is 0 Å². The molecule has 0 aromatic heterocycles. The van der Waals surface area contributed by atoms with Crippen LogP contribution in [0.2, 0.25) is 5.02 Å². The number of nitrogens with one attached hydrogen (secondary N) is 1. The summed E-state index contributed by atoms with van der Waals surface area (Å²) in [5, 5.41) is 11.0. The largest absolute Gasteiger partial charge is 0.416 e. The average molecular weight is 258 g/mol. The molecule has 0 saturated carbocycles.